The van der Waals surface area contributed by atoms with Crippen LogP contribution in [0.2, 0.25) is 0 Å². The predicted octanol–water partition coefficient (Wildman–Crippen LogP) is 15.1. The third-order valence-corrected chi connectivity index (χ3v) is 12.2. The van der Waals surface area contributed by atoms with Gasteiger partial charge in [0.15, 0.2) is 17.5 Å². The van der Waals surface area contributed by atoms with E-state index >= 15 is 0 Å². The number of aromatic nitrogens is 5. The Labute approximate surface area is 369 Å². The Morgan fingerprint density at radius 3 is 1.83 bits per heavy atom. The number of allylic oxidation sites excluding steroid dienone is 3. The lowest BCUT2D eigenvalue weighted by Gasteiger charge is -2.12. The number of hydrogen-bond acceptors (Lipinski definition) is 4. The Morgan fingerprint density at radius 1 is 0.469 bits per heavy atom. The highest BCUT2D eigenvalue weighted by atomic mass is 16.3. The third-order valence-electron chi connectivity index (χ3n) is 12.2. The van der Waals surface area contributed by atoms with Gasteiger partial charge in [-0.25, -0.2) is 15.0 Å². The van der Waals surface area contributed by atoms with E-state index < -0.39 is 0 Å². The van der Waals surface area contributed by atoms with Gasteiger partial charge in [-0.3, -0.25) is 0 Å². The standard InChI is InChI=1S/C58H39N5O/c1-38(17-14-23-43-37-64-54-32-13-10-25-45(43)54)62-50-29-11-8-26-47(50)49-36-41(33-34-52(49)62)46-28-16-31-53-55(46)48-27-9-12-30-51(48)63(53)44-24-15-22-42(35-44)58-60-56(39-18-4-2-5-19-39)59-57(61-58)40-20-6-3-7-21-40/h2-37H,1H3/b23-14-,38-17+. The fourth-order valence-electron chi connectivity index (χ4n) is 9.27. The molecule has 0 aliphatic heterocycles. The van der Waals surface area contributed by atoms with Crippen molar-refractivity contribution in [1.29, 1.82) is 0 Å². The average Bonchev–Trinajstić information content (AvgIpc) is 4.04. The van der Waals surface area contributed by atoms with E-state index in [4.69, 9.17) is 19.4 Å². The number of benzene rings is 8. The van der Waals surface area contributed by atoms with Gasteiger partial charge in [-0.1, -0.05) is 158 Å². The normalized spacial score (nSPS) is 12.2. The van der Waals surface area contributed by atoms with Gasteiger partial charge in [0.25, 0.3) is 0 Å². The molecule has 0 amide bonds. The SMILES string of the molecule is C/C(=C\C=C/c1coc2ccccc12)n1c2ccccc2c2cc(-c3cccc4c3c3ccccc3n4-c3cccc(-c4nc(-c5ccccc5)nc(-c5ccccc5)n4)c3)ccc21. The Bertz CT molecular complexity index is 3740. The maximum atomic E-state index is 5.79. The largest absolute Gasteiger partial charge is 0.464 e. The fraction of sp³-hybridized carbons (Fsp3) is 0.0172. The summed E-state index contributed by atoms with van der Waals surface area (Å²) in [6.07, 6.45) is 8.23. The molecule has 12 aromatic rings. The molecule has 0 atom stereocenters. The minimum Gasteiger partial charge on any atom is -0.464 e. The van der Waals surface area contributed by atoms with Gasteiger partial charge in [-0.05, 0) is 72.7 Å². The van der Waals surface area contributed by atoms with Crippen LogP contribution in [0.15, 0.2) is 217 Å². The van der Waals surface area contributed by atoms with Crippen LogP contribution in [-0.2, 0) is 0 Å². The molecule has 0 spiro atoms. The summed E-state index contributed by atoms with van der Waals surface area (Å²) < 4.78 is 10.5. The van der Waals surface area contributed by atoms with Crippen LogP contribution in [-0.4, -0.2) is 24.1 Å². The first-order chi connectivity index (χ1) is 31.7. The Hall–Kier alpha value is -8.61. The summed E-state index contributed by atoms with van der Waals surface area (Å²) in [6, 6.07) is 67.9. The van der Waals surface area contributed by atoms with Crippen molar-refractivity contribution in [1.82, 2.24) is 24.1 Å². The van der Waals surface area contributed by atoms with Gasteiger partial charge < -0.3 is 13.6 Å². The van der Waals surface area contributed by atoms with Crippen molar-refractivity contribution in [3.63, 3.8) is 0 Å². The molecule has 0 radical (unpaired) electrons. The van der Waals surface area contributed by atoms with Gasteiger partial charge in [0.1, 0.15) is 5.58 Å². The van der Waals surface area contributed by atoms with E-state index in [1.165, 1.54) is 32.6 Å². The minimum atomic E-state index is 0.621. The van der Waals surface area contributed by atoms with Gasteiger partial charge in [-0.15, -0.1) is 0 Å². The van der Waals surface area contributed by atoms with Crippen LogP contribution in [0.1, 0.15) is 12.5 Å². The van der Waals surface area contributed by atoms with E-state index in [-0.39, 0.29) is 0 Å². The van der Waals surface area contributed by atoms with Crippen LogP contribution in [0, 0.1) is 0 Å². The van der Waals surface area contributed by atoms with Gasteiger partial charge in [0.2, 0.25) is 0 Å². The smallest absolute Gasteiger partial charge is 0.164 e. The van der Waals surface area contributed by atoms with Crippen LogP contribution < -0.4 is 0 Å². The van der Waals surface area contributed by atoms with Crippen molar-refractivity contribution < 1.29 is 4.42 Å². The summed E-state index contributed by atoms with van der Waals surface area (Å²) in [5.41, 5.74) is 13.8. The Balaban J connectivity index is 0.974. The Morgan fingerprint density at radius 2 is 1.06 bits per heavy atom. The quantitative estimate of drug-likeness (QED) is 0.143. The molecule has 6 nitrogen and oxygen atoms in total. The van der Waals surface area contributed by atoms with Crippen molar-refractivity contribution in [2.24, 2.45) is 0 Å². The lowest BCUT2D eigenvalue weighted by atomic mass is 9.98. The van der Waals surface area contributed by atoms with E-state index in [0.717, 1.165) is 66.7 Å². The molecule has 0 saturated carbocycles. The van der Waals surface area contributed by atoms with Crippen molar-refractivity contribution in [2.45, 2.75) is 6.92 Å². The van der Waals surface area contributed by atoms with E-state index in [1.54, 1.807) is 0 Å². The molecule has 4 heterocycles. The third kappa shape index (κ3) is 6.31. The summed E-state index contributed by atoms with van der Waals surface area (Å²) >= 11 is 0. The zero-order chi connectivity index (χ0) is 42.6. The van der Waals surface area contributed by atoms with Crippen molar-refractivity contribution >= 4 is 66.4 Å². The van der Waals surface area contributed by atoms with Gasteiger partial charge in [-0.2, -0.15) is 0 Å². The first-order valence-electron chi connectivity index (χ1n) is 21.5. The highest BCUT2D eigenvalue weighted by molar-refractivity contribution is 6.17. The highest BCUT2D eigenvalue weighted by Gasteiger charge is 2.19. The van der Waals surface area contributed by atoms with E-state index in [0.29, 0.717) is 17.5 Å². The van der Waals surface area contributed by atoms with E-state index in [2.05, 4.69) is 150 Å². The molecular weight excluding hydrogens is 783 g/mol. The molecule has 0 aliphatic carbocycles. The van der Waals surface area contributed by atoms with E-state index in [9.17, 15) is 0 Å². The molecule has 0 N–H and O–H groups in total. The van der Waals surface area contributed by atoms with Crippen molar-refractivity contribution in [2.75, 3.05) is 0 Å². The second-order valence-electron chi connectivity index (χ2n) is 16.1. The molecule has 6 heteroatoms. The molecule has 0 saturated heterocycles. The first-order valence-corrected chi connectivity index (χ1v) is 21.5. The van der Waals surface area contributed by atoms with E-state index in [1.807, 2.05) is 85.1 Å². The zero-order valence-electron chi connectivity index (χ0n) is 34.9. The summed E-state index contributed by atoms with van der Waals surface area (Å²) in [4.78, 5) is 15.0. The van der Waals surface area contributed by atoms with Crippen LogP contribution >= 0.6 is 0 Å². The van der Waals surface area contributed by atoms with Crippen LogP contribution in [0.5, 0.6) is 0 Å². The zero-order valence-corrected chi connectivity index (χ0v) is 34.9. The van der Waals surface area contributed by atoms with Gasteiger partial charge >= 0.3 is 0 Å². The lowest BCUT2D eigenvalue weighted by Crippen LogP contribution is -2.01. The van der Waals surface area contributed by atoms with Crippen LogP contribution in [0.3, 0.4) is 0 Å². The number of hydrogen-bond donors (Lipinski definition) is 0. The predicted molar refractivity (Wildman–Crippen MR) is 264 cm³/mol. The molecule has 0 aliphatic rings. The van der Waals surface area contributed by atoms with Crippen molar-refractivity contribution in [3.05, 3.63) is 218 Å². The maximum Gasteiger partial charge on any atom is 0.164 e. The number of para-hydroxylation sites is 3. The highest BCUT2D eigenvalue weighted by Crippen LogP contribution is 2.41. The van der Waals surface area contributed by atoms with Gasteiger partial charge in [0, 0.05) is 60.6 Å². The van der Waals surface area contributed by atoms with Crippen LogP contribution in [0.25, 0.3) is 117 Å². The van der Waals surface area contributed by atoms with Gasteiger partial charge in [0.05, 0.1) is 28.3 Å². The second-order valence-corrected chi connectivity index (χ2v) is 16.1. The number of fused-ring (bicyclic) bond motifs is 7. The van der Waals surface area contributed by atoms with Crippen LogP contribution in [0.4, 0.5) is 0 Å². The lowest BCUT2D eigenvalue weighted by molar-refractivity contribution is 0.615. The molecule has 0 fully saturated rings. The molecule has 302 valence electrons. The second kappa shape index (κ2) is 15.4. The molecule has 0 unspecified atom stereocenters. The minimum absolute atomic E-state index is 0.621. The molecule has 4 aromatic heterocycles. The fourth-order valence-corrected chi connectivity index (χ4v) is 9.27. The molecule has 12 rings (SSSR count). The summed E-state index contributed by atoms with van der Waals surface area (Å²) in [5, 5.41) is 5.93. The first kappa shape index (κ1) is 37.2. The average molecular weight is 822 g/mol. The Kier molecular flexibility index (Phi) is 8.94. The summed E-state index contributed by atoms with van der Waals surface area (Å²) in [6.45, 7) is 2.17. The topological polar surface area (TPSA) is 61.7 Å². The number of rotatable bonds is 8. The molecule has 64 heavy (non-hydrogen) atoms. The molecular formula is C58H39N5O. The number of nitrogens with zero attached hydrogens (tertiary/aromatic N) is 5. The van der Waals surface area contributed by atoms with Crippen molar-refractivity contribution in [3.8, 4) is 51.0 Å². The number of furan rings is 1. The molecule has 8 aromatic carbocycles. The summed E-state index contributed by atoms with van der Waals surface area (Å²) in [5.74, 6) is 1.90. The monoisotopic (exact) mass is 821 g/mol. The molecule has 0 bridgehead atoms. The maximum absolute atomic E-state index is 5.79. The summed E-state index contributed by atoms with van der Waals surface area (Å²) in [7, 11) is 0.